The van der Waals surface area contributed by atoms with Crippen LogP contribution in [0.3, 0.4) is 0 Å². The van der Waals surface area contributed by atoms with Crippen LogP contribution in [0.5, 0.6) is 0 Å². The molecule has 0 spiro atoms. The molecule has 3 aromatic rings. The maximum atomic E-state index is 13.2. The maximum Gasteiger partial charge on any atom is 0.258 e. The molecule has 27 heavy (non-hydrogen) atoms. The molecule has 0 bridgehead atoms. The molecule has 8 heteroatoms. The third-order valence-corrected chi connectivity index (χ3v) is 4.68. The number of hydrogen-bond donors (Lipinski definition) is 2. The summed E-state index contributed by atoms with van der Waals surface area (Å²) in [5, 5.41) is 5.79. The van der Waals surface area contributed by atoms with Gasteiger partial charge in [0.25, 0.3) is 11.8 Å². The van der Waals surface area contributed by atoms with E-state index in [0.29, 0.717) is 25.7 Å². The molecular weight excluding hydrogens is 484 g/mol. The molecule has 3 rings (SSSR count). The Morgan fingerprint density at radius 2 is 1.70 bits per heavy atom. The zero-order valence-corrected chi connectivity index (χ0v) is 16.6. The minimum absolute atomic E-state index is 0.264. The van der Waals surface area contributed by atoms with Gasteiger partial charge >= 0.3 is 0 Å². The van der Waals surface area contributed by atoms with E-state index in [1.165, 1.54) is 24.4 Å². The standard InChI is InChI=1S/C19H12ClFIN3O2/c20-11-5-8-17(23-10-11)25-19(27)14-3-1-2-4-16(14)24-18(26)13-7-6-12(21)9-15(13)22/h1-10H,(H,24,26)(H,23,25,27). The second kappa shape index (κ2) is 8.45. The number of nitrogens with one attached hydrogen (secondary N) is 2. The monoisotopic (exact) mass is 495 g/mol. The van der Waals surface area contributed by atoms with Gasteiger partial charge in [-0.1, -0.05) is 23.7 Å². The van der Waals surface area contributed by atoms with Gasteiger partial charge in [0.2, 0.25) is 0 Å². The fraction of sp³-hybridized carbons (Fsp3) is 0. The lowest BCUT2D eigenvalue weighted by Gasteiger charge is -2.12. The van der Waals surface area contributed by atoms with Crippen LogP contribution >= 0.6 is 34.2 Å². The van der Waals surface area contributed by atoms with Gasteiger partial charge in [0.05, 0.1) is 21.8 Å². The number of amides is 2. The summed E-state index contributed by atoms with van der Waals surface area (Å²) in [5.74, 6) is -0.969. The van der Waals surface area contributed by atoms with E-state index in [0.717, 1.165) is 0 Å². The lowest BCUT2D eigenvalue weighted by molar-refractivity contribution is 0.102. The summed E-state index contributed by atoms with van der Waals surface area (Å²) in [6.45, 7) is 0. The van der Waals surface area contributed by atoms with Gasteiger partial charge in [0.1, 0.15) is 11.6 Å². The van der Waals surface area contributed by atoms with E-state index >= 15 is 0 Å². The SMILES string of the molecule is O=C(Nc1ccccc1C(=O)Nc1ccc(Cl)cn1)c1ccc(F)cc1I. The second-order valence-corrected chi connectivity index (χ2v) is 7.04. The topological polar surface area (TPSA) is 71.1 Å². The molecule has 136 valence electrons. The first-order valence-corrected chi connectivity index (χ1v) is 9.18. The zero-order valence-electron chi connectivity index (χ0n) is 13.7. The Kier molecular flexibility index (Phi) is 6.02. The zero-order chi connectivity index (χ0) is 19.4. The number of nitrogens with zero attached hydrogens (tertiary/aromatic N) is 1. The van der Waals surface area contributed by atoms with Crippen molar-refractivity contribution in [1.29, 1.82) is 0 Å². The van der Waals surface area contributed by atoms with Crippen molar-refractivity contribution in [2.45, 2.75) is 0 Å². The van der Waals surface area contributed by atoms with Crippen molar-refractivity contribution in [3.8, 4) is 0 Å². The number of pyridine rings is 1. The summed E-state index contributed by atoms with van der Waals surface area (Å²) >= 11 is 7.67. The highest BCUT2D eigenvalue weighted by Gasteiger charge is 2.16. The first-order chi connectivity index (χ1) is 12.9. The van der Waals surface area contributed by atoms with Crippen LogP contribution in [-0.2, 0) is 0 Å². The van der Waals surface area contributed by atoms with Crippen LogP contribution in [-0.4, -0.2) is 16.8 Å². The molecule has 0 aliphatic heterocycles. The average Bonchev–Trinajstić information content (AvgIpc) is 2.64. The Morgan fingerprint density at radius 1 is 0.963 bits per heavy atom. The molecule has 0 saturated heterocycles. The number of carbonyl (C=O) groups excluding carboxylic acids is 2. The molecule has 2 N–H and O–H groups in total. The summed E-state index contributed by atoms with van der Waals surface area (Å²) in [4.78, 5) is 29.1. The number of carbonyl (C=O) groups is 2. The molecule has 1 heterocycles. The van der Waals surface area contributed by atoms with Gasteiger partial charge in [0.15, 0.2) is 0 Å². The minimum atomic E-state index is -0.440. The summed E-state index contributed by atoms with van der Waals surface area (Å²) in [6, 6.07) is 13.6. The Labute approximate surface area is 173 Å². The largest absolute Gasteiger partial charge is 0.321 e. The summed E-state index contributed by atoms with van der Waals surface area (Å²) in [5.41, 5.74) is 0.903. The number of halogens is 3. The van der Waals surface area contributed by atoms with Crippen molar-refractivity contribution in [1.82, 2.24) is 4.98 Å². The van der Waals surface area contributed by atoms with Crippen molar-refractivity contribution in [2.24, 2.45) is 0 Å². The van der Waals surface area contributed by atoms with Gasteiger partial charge in [-0.2, -0.15) is 0 Å². The number of rotatable bonds is 4. The van der Waals surface area contributed by atoms with E-state index in [1.807, 2.05) is 22.6 Å². The van der Waals surface area contributed by atoms with E-state index in [9.17, 15) is 14.0 Å². The molecule has 1 aromatic heterocycles. The van der Waals surface area contributed by atoms with Crippen LogP contribution < -0.4 is 10.6 Å². The van der Waals surface area contributed by atoms with E-state index in [4.69, 9.17) is 11.6 Å². The third-order valence-electron chi connectivity index (χ3n) is 3.56. The Morgan fingerprint density at radius 3 is 2.41 bits per heavy atom. The molecule has 2 aromatic carbocycles. The summed E-state index contributed by atoms with van der Waals surface area (Å²) < 4.78 is 13.7. The average molecular weight is 496 g/mol. The van der Waals surface area contributed by atoms with Gasteiger partial charge in [-0.3, -0.25) is 9.59 Å². The quantitative estimate of drug-likeness (QED) is 0.502. The van der Waals surface area contributed by atoms with Crippen molar-refractivity contribution in [2.75, 3.05) is 10.6 Å². The minimum Gasteiger partial charge on any atom is -0.321 e. The molecule has 0 aliphatic carbocycles. The van der Waals surface area contributed by atoms with Gasteiger partial charge in [0, 0.05) is 9.77 Å². The van der Waals surface area contributed by atoms with Crippen LogP contribution in [0.1, 0.15) is 20.7 Å². The fourth-order valence-electron chi connectivity index (χ4n) is 2.29. The molecule has 2 amide bonds. The molecule has 0 saturated carbocycles. The molecule has 0 radical (unpaired) electrons. The number of hydrogen-bond acceptors (Lipinski definition) is 3. The number of para-hydroxylation sites is 1. The van der Waals surface area contributed by atoms with E-state index in [-0.39, 0.29) is 5.56 Å². The van der Waals surface area contributed by atoms with Crippen LogP contribution in [0.25, 0.3) is 0 Å². The van der Waals surface area contributed by atoms with Gasteiger partial charge in [-0.05, 0) is 65.1 Å². The van der Waals surface area contributed by atoms with Gasteiger partial charge < -0.3 is 10.6 Å². The van der Waals surface area contributed by atoms with Gasteiger partial charge in [-0.25, -0.2) is 9.37 Å². The van der Waals surface area contributed by atoms with E-state index in [2.05, 4.69) is 15.6 Å². The smallest absolute Gasteiger partial charge is 0.258 e. The number of anilines is 2. The molecule has 0 aliphatic rings. The maximum absolute atomic E-state index is 13.2. The Hall–Kier alpha value is -2.52. The number of aromatic nitrogens is 1. The van der Waals surface area contributed by atoms with Crippen LogP contribution in [0.4, 0.5) is 15.9 Å². The summed E-state index contributed by atoms with van der Waals surface area (Å²) in [6.07, 6.45) is 1.42. The van der Waals surface area contributed by atoms with Crippen LogP contribution in [0.15, 0.2) is 60.8 Å². The molecule has 0 unspecified atom stereocenters. The first-order valence-electron chi connectivity index (χ1n) is 7.72. The van der Waals surface area contributed by atoms with Crippen LogP contribution in [0.2, 0.25) is 5.02 Å². The highest BCUT2D eigenvalue weighted by molar-refractivity contribution is 14.1. The Bertz CT molecular complexity index is 1010. The third kappa shape index (κ3) is 4.81. The Balaban J connectivity index is 1.82. The molecular formula is C19H12ClFIN3O2. The van der Waals surface area contributed by atoms with Gasteiger partial charge in [-0.15, -0.1) is 0 Å². The van der Waals surface area contributed by atoms with Crippen molar-refractivity contribution < 1.29 is 14.0 Å². The lowest BCUT2D eigenvalue weighted by atomic mass is 10.1. The predicted molar refractivity (Wildman–Crippen MR) is 111 cm³/mol. The summed E-state index contributed by atoms with van der Waals surface area (Å²) in [7, 11) is 0. The van der Waals surface area contributed by atoms with E-state index < -0.39 is 17.6 Å². The van der Waals surface area contributed by atoms with Crippen molar-refractivity contribution in [3.05, 3.63) is 86.3 Å². The normalized spacial score (nSPS) is 10.3. The second-order valence-electron chi connectivity index (χ2n) is 5.44. The molecule has 0 atom stereocenters. The number of benzene rings is 2. The highest BCUT2D eigenvalue weighted by atomic mass is 127. The van der Waals surface area contributed by atoms with Crippen molar-refractivity contribution in [3.63, 3.8) is 0 Å². The van der Waals surface area contributed by atoms with E-state index in [1.54, 1.807) is 36.4 Å². The van der Waals surface area contributed by atoms with Crippen LogP contribution in [0, 0.1) is 9.39 Å². The lowest BCUT2D eigenvalue weighted by Crippen LogP contribution is -2.19. The van der Waals surface area contributed by atoms with Crippen molar-refractivity contribution >= 4 is 57.5 Å². The fourth-order valence-corrected chi connectivity index (χ4v) is 3.12. The predicted octanol–water partition coefficient (Wildman–Crippen LogP) is 4.98. The highest BCUT2D eigenvalue weighted by Crippen LogP contribution is 2.20. The first kappa shape index (κ1) is 19.2. The molecule has 5 nitrogen and oxygen atoms in total. The molecule has 0 fully saturated rings.